The molecule has 0 heterocycles. The Bertz CT molecular complexity index is 831. The van der Waals surface area contributed by atoms with Gasteiger partial charge in [-0.15, -0.1) is 0 Å². The molecule has 130 valence electrons. The van der Waals surface area contributed by atoms with Crippen molar-refractivity contribution in [1.82, 2.24) is 0 Å². The summed E-state index contributed by atoms with van der Waals surface area (Å²) in [6.07, 6.45) is 0. The van der Waals surface area contributed by atoms with Gasteiger partial charge in [0.2, 0.25) is 0 Å². The summed E-state index contributed by atoms with van der Waals surface area (Å²) in [4.78, 5) is 34.0. The number of aryl methyl sites for hydroxylation is 2. The number of nitro groups is 1. The van der Waals surface area contributed by atoms with E-state index in [2.05, 4.69) is 5.32 Å². The van der Waals surface area contributed by atoms with E-state index in [0.29, 0.717) is 5.56 Å². The predicted octanol–water partition coefficient (Wildman–Crippen LogP) is 3.66. The van der Waals surface area contributed by atoms with Crippen LogP contribution < -0.4 is 5.32 Å². The molecule has 0 atom stereocenters. The minimum Gasteiger partial charge on any atom is -0.452 e. The van der Waals surface area contributed by atoms with Crippen molar-refractivity contribution in [1.29, 1.82) is 0 Å². The first-order valence-corrected chi connectivity index (χ1v) is 7.63. The summed E-state index contributed by atoms with van der Waals surface area (Å²) in [6, 6.07) is 9.09. The fourth-order valence-electron chi connectivity index (χ4n) is 2.23. The van der Waals surface area contributed by atoms with E-state index in [1.54, 1.807) is 12.1 Å². The molecule has 0 spiro atoms. The summed E-state index contributed by atoms with van der Waals surface area (Å²) >= 11 is 5.70. The largest absolute Gasteiger partial charge is 0.452 e. The molecule has 2 aromatic carbocycles. The van der Waals surface area contributed by atoms with E-state index in [9.17, 15) is 19.7 Å². The van der Waals surface area contributed by atoms with Gasteiger partial charge in [0.1, 0.15) is 5.02 Å². The van der Waals surface area contributed by atoms with Gasteiger partial charge in [-0.3, -0.25) is 14.9 Å². The predicted molar refractivity (Wildman–Crippen MR) is 92.9 cm³/mol. The molecule has 7 nitrogen and oxygen atoms in total. The number of amides is 1. The second-order valence-corrected chi connectivity index (χ2v) is 5.83. The Kier molecular flexibility index (Phi) is 5.71. The number of nitrogens with one attached hydrogen (secondary N) is 1. The standard InChI is InChI=1S/C17H15ClN2O5/c1-10-5-11(2)7-12(6-10)17(22)25-9-16(21)19-13-3-4-14(18)15(8-13)20(23)24/h3-8H,9H2,1-2H3,(H,19,21). The SMILES string of the molecule is Cc1cc(C)cc(C(=O)OCC(=O)Nc2ccc(Cl)c([N+](=O)[O-])c2)c1. The van der Waals surface area contributed by atoms with Gasteiger partial charge < -0.3 is 10.1 Å². The second-order valence-electron chi connectivity index (χ2n) is 5.42. The summed E-state index contributed by atoms with van der Waals surface area (Å²) in [5.74, 6) is -1.24. The molecule has 0 bridgehead atoms. The first kappa shape index (κ1) is 18.4. The minimum absolute atomic E-state index is 0.0377. The van der Waals surface area contributed by atoms with Crippen LogP contribution in [0.3, 0.4) is 0 Å². The van der Waals surface area contributed by atoms with E-state index in [1.807, 2.05) is 19.9 Å². The second kappa shape index (κ2) is 7.76. The Morgan fingerprint density at radius 2 is 1.80 bits per heavy atom. The smallest absolute Gasteiger partial charge is 0.338 e. The number of benzene rings is 2. The molecule has 0 aliphatic carbocycles. The fraction of sp³-hybridized carbons (Fsp3) is 0.176. The van der Waals surface area contributed by atoms with E-state index in [1.165, 1.54) is 12.1 Å². The molecule has 0 fully saturated rings. The van der Waals surface area contributed by atoms with Gasteiger partial charge in [0.05, 0.1) is 10.5 Å². The molecule has 8 heteroatoms. The van der Waals surface area contributed by atoms with Gasteiger partial charge >= 0.3 is 5.97 Å². The van der Waals surface area contributed by atoms with Gasteiger partial charge in [-0.05, 0) is 38.1 Å². The average Bonchev–Trinajstić information content (AvgIpc) is 2.53. The van der Waals surface area contributed by atoms with Crippen molar-refractivity contribution in [2.75, 3.05) is 11.9 Å². The van der Waals surface area contributed by atoms with E-state index in [0.717, 1.165) is 17.2 Å². The summed E-state index contributed by atoms with van der Waals surface area (Å²) in [6.45, 7) is 3.19. The number of nitrogens with zero attached hydrogens (tertiary/aromatic N) is 1. The van der Waals surface area contributed by atoms with Crippen LogP contribution >= 0.6 is 11.6 Å². The highest BCUT2D eigenvalue weighted by Crippen LogP contribution is 2.27. The van der Waals surface area contributed by atoms with Crippen molar-refractivity contribution in [3.8, 4) is 0 Å². The van der Waals surface area contributed by atoms with Crippen molar-refractivity contribution < 1.29 is 19.2 Å². The lowest BCUT2D eigenvalue weighted by Crippen LogP contribution is -2.21. The number of hydrogen-bond donors (Lipinski definition) is 1. The summed E-state index contributed by atoms with van der Waals surface area (Å²) in [7, 11) is 0. The molecule has 1 N–H and O–H groups in total. The lowest BCUT2D eigenvalue weighted by molar-refractivity contribution is -0.384. The van der Waals surface area contributed by atoms with Gasteiger partial charge in [0.15, 0.2) is 6.61 Å². The number of carbonyl (C=O) groups is 2. The Morgan fingerprint density at radius 3 is 2.40 bits per heavy atom. The summed E-state index contributed by atoms with van der Waals surface area (Å²) in [5.41, 5.74) is 2.03. The minimum atomic E-state index is -0.655. The molecular weight excluding hydrogens is 348 g/mol. The summed E-state index contributed by atoms with van der Waals surface area (Å²) in [5, 5.41) is 13.2. The first-order chi connectivity index (χ1) is 11.8. The lowest BCUT2D eigenvalue weighted by Gasteiger charge is -2.08. The molecule has 0 aromatic heterocycles. The number of hydrogen-bond acceptors (Lipinski definition) is 5. The number of rotatable bonds is 5. The third-order valence-electron chi connectivity index (χ3n) is 3.22. The Balaban J connectivity index is 1.98. The number of ether oxygens (including phenoxy) is 1. The van der Waals surface area contributed by atoms with E-state index in [-0.39, 0.29) is 16.4 Å². The molecule has 0 unspecified atom stereocenters. The molecule has 0 saturated carbocycles. The maximum absolute atomic E-state index is 12.0. The van der Waals surface area contributed by atoms with Crippen molar-refractivity contribution in [3.05, 3.63) is 68.2 Å². The van der Waals surface area contributed by atoms with E-state index < -0.39 is 23.4 Å². The van der Waals surface area contributed by atoms with Crippen molar-refractivity contribution in [2.24, 2.45) is 0 Å². The van der Waals surface area contributed by atoms with Gasteiger partial charge in [-0.2, -0.15) is 0 Å². The highest BCUT2D eigenvalue weighted by molar-refractivity contribution is 6.32. The molecule has 0 aliphatic heterocycles. The van der Waals surface area contributed by atoms with Crippen LogP contribution in [-0.4, -0.2) is 23.4 Å². The quantitative estimate of drug-likeness (QED) is 0.497. The average molecular weight is 363 g/mol. The molecule has 0 aliphatic rings. The van der Waals surface area contributed by atoms with Crippen LogP contribution in [0, 0.1) is 24.0 Å². The number of esters is 1. The Hall–Kier alpha value is -2.93. The van der Waals surface area contributed by atoms with Crippen LogP contribution in [0.2, 0.25) is 5.02 Å². The van der Waals surface area contributed by atoms with Crippen LogP contribution in [0.5, 0.6) is 0 Å². The van der Waals surface area contributed by atoms with Crippen LogP contribution in [-0.2, 0) is 9.53 Å². The fourth-order valence-corrected chi connectivity index (χ4v) is 2.42. The number of carbonyl (C=O) groups excluding carboxylic acids is 2. The number of nitro benzene ring substituents is 1. The zero-order valence-electron chi connectivity index (χ0n) is 13.5. The third-order valence-corrected chi connectivity index (χ3v) is 3.54. The van der Waals surface area contributed by atoms with Crippen LogP contribution in [0.1, 0.15) is 21.5 Å². The van der Waals surface area contributed by atoms with Crippen molar-refractivity contribution in [3.63, 3.8) is 0 Å². The molecule has 25 heavy (non-hydrogen) atoms. The number of anilines is 1. The molecule has 1 amide bonds. The molecule has 2 aromatic rings. The normalized spacial score (nSPS) is 10.2. The first-order valence-electron chi connectivity index (χ1n) is 7.25. The monoisotopic (exact) mass is 362 g/mol. The van der Waals surface area contributed by atoms with Crippen molar-refractivity contribution in [2.45, 2.75) is 13.8 Å². The highest BCUT2D eigenvalue weighted by atomic mass is 35.5. The lowest BCUT2D eigenvalue weighted by atomic mass is 10.1. The maximum atomic E-state index is 12.0. The van der Waals surface area contributed by atoms with Gasteiger partial charge in [0, 0.05) is 11.8 Å². The van der Waals surface area contributed by atoms with E-state index >= 15 is 0 Å². The maximum Gasteiger partial charge on any atom is 0.338 e. The van der Waals surface area contributed by atoms with Gasteiger partial charge in [-0.1, -0.05) is 28.8 Å². The molecule has 0 radical (unpaired) electrons. The van der Waals surface area contributed by atoms with Crippen LogP contribution in [0.4, 0.5) is 11.4 Å². The van der Waals surface area contributed by atoms with Gasteiger partial charge in [-0.25, -0.2) is 4.79 Å². The van der Waals surface area contributed by atoms with Crippen LogP contribution in [0.25, 0.3) is 0 Å². The Morgan fingerprint density at radius 1 is 1.16 bits per heavy atom. The molecule has 0 saturated heterocycles. The zero-order chi connectivity index (χ0) is 18.6. The van der Waals surface area contributed by atoms with Gasteiger partial charge in [0.25, 0.3) is 11.6 Å². The molecular formula is C17H15ClN2O5. The number of halogens is 1. The zero-order valence-corrected chi connectivity index (χ0v) is 14.3. The Labute approximate surface area is 148 Å². The van der Waals surface area contributed by atoms with E-state index in [4.69, 9.17) is 16.3 Å². The summed E-state index contributed by atoms with van der Waals surface area (Å²) < 4.78 is 4.96. The topological polar surface area (TPSA) is 98.5 Å². The van der Waals surface area contributed by atoms with Crippen molar-refractivity contribution >= 4 is 34.9 Å². The molecule has 2 rings (SSSR count). The van der Waals surface area contributed by atoms with Crippen LogP contribution in [0.15, 0.2) is 36.4 Å². The third kappa shape index (κ3) is 5.02. The highest BCUT2D eigenvalue weighted by Gasteiger charge is 2.15.